The van der Waals surface area contributed by atoms with Gasteiger partial charge in [-0.05, 0) is 84.1 Å². The van der Waals surface area contributed by atoms with Crippen molar-refractivity contribution in [2.75, 3.05) is 7.11 Å². The number of aryl methyl sites for hydroxylation is 1. The van der Waals surface area contributed by atoms with Crippen LogP contribution >= 0.6 is 23.2 Å². The van der Waals surface area contributed by atoms with Gasteiger partial charge in [-0.3, -0.25) is 4.79 Å². The van der Waals surface area contributed by atoms with Gasteiger partial charge in [0.15, 0.2) is 5.78 Å². The number of ether oxygens (including phenoxy) is 2. The van der Waals surface area contributed by atoms with Gasteiger partial charge >= 0.3 is 0 Å². The van der Waals surface area contributed by atoms with E-state index in [1.807, 2.05) is 37.3 Å². The van der Waals surface area contributed by atoms with E-state index in [4.69, 9.17) is 32.7 Å². The largest absolute Gasteiger partial charge is 0.496 e. The van der Waals surface area contributed by atoms with Crippen molar-refractivity contribution in [3.63, 3.8) is 0 Å². The van der Waals surface area contributed by atoms with E-state index in [9.17, 15) is 4.79 Å². The van der Waals surface area contributed by atoms with E-state index < -0.39 is 0 Å². The summed E-state index contributed by atoms with van der Waals surface area (Å²) in [6.45, 7) is 6.51. The Hall–Kier alpha value is -2.75. The lowest BCUT2D eigenvalue weighted by Gasteiger charge is -2.17. The third kappa shape index (κ3) is 5.93. The number of methoxy groups -OCH3 is 1. The summed E-state index contributed by atoms with van der Waals surface area (Å²) in [5.74, 6) is 1.72. The van der Waals surface area contributed by atoms with E-state index >= 15 is 0 Å². The second kappa shape index (κ2) is 10.7. The van der Waals surface area contributed by atoms with Gasteiger partial charge in [0.25, 0.3) is 0 Å². The molecule has 0 aromatic heterocycles. The number of allylic oxidation sites excluding steroid dienone is 1. The highest BCUT2D eigenvalue weighted by atomic mass is 35.5. The molecule has 0 N–H and O–H groups in total. The fourth-order valence-corrected chi connectivity index (χ4v) is 3.60. The number of ketones is 1. The van der Waals surface area contributed by atoms with Gasteiger partial charge in [0.05, 0.1) is 7.11 Å². The van der Waals surface area contributed by atoms with E-state index in [-0.39, 0.29) is 11.7 Å². The maximum absolute atomic E-state index is 12.4. The molecule has 0 spiro atoms. The topological polar surface area (TPSA) is 35.5 Å². The Morgan fingerprint density at radius 3 is 2.38 bits per heavy atom. The van der Waals surface area contributed by atoms with Crippen molar-refractivity contribution in [1.29, 1.82) is 0 Å². The third-order valence-electron chi connectivity index (χ3n) is 5.16. The number of benzene rings is 3. The minimum absolute atomic E-state index is 0.0894. The summed E-state index contributed by atoms with van der Waals surface area (Å²) in [5.41, 5.74) is 4.38. The molecule has 3 nitrogen and oxygen atoms in total. The van der Waals surface area contributed by atoms with E-state index in [0.29, 0.717) is 17.2 Å². The van der Waals surface area contributed by atoms with Gasteiger partial charge in [0.1, 0.15) is 18.1 Å². The molecular formula is C27H26Cl2O3. The van der Waals surface area contributed by atoms with Crippen molar-refractivity contribution in [3.05, 3.63) is 98.5 Å². The van der Waals surface area contributed by atoms with Crippen molar-refractivity contribution in [3.8, 4) is 11.5 Å². The molecule has 0 saturated heterocycles. The van der Waals surface area contributed by atoms with Crippen molar-refractivity contribution >= 4 is 35.1 Å². The van der Waals surface area contributed by atoms with Gasteiger partial charge < -0.3 is 9.47 Å². The number of halogens is 2. The summed E-state index contributed by atoms with van der Waals surface area (Å²) < 4.78 is 11.7. The zero-order chi connectivity index (χ0) is 23.3. The zero-order valence-corrected chi connectivity index (χ0v) is 20.1. The molecule has 0 unspecified atom stereocenters. The maximum atomic E-state index is 12.4. The van der Waals surface area contributed by atoms with Gasteiger partial charge in [0.2, 0.25) is 0 Å². The molecular weight excluding hydrogens is 443 g/mol. The summed E-state index contributed by atoms with van der Waals surface area (Å²) in [6.07, 6.45) is 3.33. The lowest BCUT2D eigenvalue weighted by Crippen LogP contribution is -2.03. The Morgan fingerprint density at radius 2 is 1.72 bits per heavy atom. The minimum atomic E-state index is -0.0894. The van der Waals surface area contributed by atoms with Gasteiger partial charge in [-0.15, -0.1) is 0 Å². The molecule has 3 aromatic rings. The van der Waals surface area contributed by atoms with Crippen LogP contribution in [0.4, 0.5) is 0 Å². The quantitative estimate of drug-likeness (QED) is 0.248. The first-order chi connectivity index (χ1) is 15.3. The predicted molar refractivity (Wildman–Crippen MR) is 132 cm³/mol. The van der Waals surface area contributed by atoms with Crippen LogP contribution in [0, 0.1) is 6.92 Å². The van der Waals surface area contributed by atoms with Crippen LogP contribution < -0.4 is 9.47 Å². The van der Waals surface area contributed by atoms with Crippen molar-refractivity contribution in [2.24, 2.45) is 0 Å². The maximum Gasteiger partial charge on any atom is 0.185 e. The molecule has 0 aliphatic heterocycles. The Kier molecular flexibility index (Phi) is 8.00. The van der Waals surface area contributed by atoms with Crippen molar-refractivity contribution < 1.29 is 14.3 Å². The highest BCUT2D eigenvalue weighted by molar-refractivity contribution is 6.31. The average molecular weight is 469 g/mol. The lowest BCUT2D eigenvalue weighted by atomic mass is 10.0. The normalized spacial score (nSPS) is 11.2. The second-order valence-corrected chi connectivity index (χ2v) is 8.70. The van der Waals surface area contributed by atoms with E-state index in [2.05, 4.69) is 13.8 Å². The molecule has 0 fully saturated rings. The van der Waals surface area contributed by atoms with Gasteiger partial charge in [-0.1, -0.05) is 49.2 Å². The summed E-state index contributed by atoms with van der Waals surface area (Å²) in [6, 6.07) is 16.5. The van der Waals surface area contributed by atoms with Crippen LogP contribution in [0.3, 0.4) is 0 Å². The molecule has 0 heterocycles. The number of hydrogen-bond acceptors (Lipinski definition) is 3. The molecule has 166 valence electrons. The Labute approximate surface area is 199 Å². The molecule has 0 amide bonds. The summed E-state index contributed by atoms with van der Waals surface area (Å²) >= 11 is 12.2. The van der Waals surface area contributed by atoms with E-state index in [0.717, 1.165) is 38.8 Å². The van der Waals surface area contributed by atoms with Gasteiger partial charge in [-0.2, -0.15) is 0 Å². The number of carbonyl (C=O) groups excluding carboxylic acids is 1. The van der Waals surface area contributed by atoms with E-state index in [1.54, 1.807) is 43.5 Å². The van der Waals surface area contributed by atoms with Crippen LogP contribution in [-0.4, -0.2) is 12.9 Å². The molecule has 0 atom stereocenters. The van der Waals surface area contributed by atoms with Gasteiger partial charge in [0, 0.05) is 21.2 Å². The molecule has 3 aromatic carbocycles. The lowest BCUT2D eigenvalue weighted by molar-refractivity contribution is 0.104. The smallest absolute Gasteiger partial charge is 0.185 e. The molecule has 0 radical (unpaired) electrons. The fourth-order valence-electron chi connectivity index (χ4n) is 3.30. The predicted octanol–water partition coefficient (Wildman–Crippen LogP) is 7.91. The minimum Gasteiger partial charge on any atom is -0.496 e. The zero-order valence-electron chi connectivity index (χ0n) is 18.6. The molecule has 0 aliphatic rings. The monoisotopic (exact) mass is 468 g/mol. The van der Waals surface area contributed by atoms with Crippen LogP contribution in [0.2, 0.25) is 10.0 Å². The highest BCUT2D eigenvalue weighted by Crippen LogP contribution is 2.33. The third-order valence-corrected chi connectivity index (χ3v) is 5.82. The molecule has 0 aliphatic carbocycles. The number of hydrogen-bond donors (Lipinski definition) is 0. The fraction of sp³-hybridized carbons (Fsp3) is 0.222. The SMILES string of the molecule is COc1ccc(/C=C/C(=O)c2ccc(Cl)cc2)cc1COc1cc(C)c(Cl)cc1C(C)C. The Morgan fingerprint density at radius 1 is 1.00 bits per heavy atom. The van der Waals surface area contributed by atoms with Crippen molar-refractivity contribution in [1.82, 2.24) is 0 Å². The Balaban J connectivity index is 1.81. The molecule has 32 heavy (non-hydrogen) atoms. The standard InChI is InChI=1S/C27H26Cl2O3/c1-17(2)23-15-24(29)18(3)13-27(23)32-16-21-14-19(6-12-26(21)31-4)5-11-25(30)20-7-9-22(28)10-8-20/h5-15,17H,16H2,1-4H3/b11-5+. The average Bonchev–Trinajstić information content (AvgIpc) is 2.78. The molecule has 3 rings (SSSR count). The van der Waals surface area contributed by atoms with E-state index in [1.165, 1.54) is 0 Å². The molecule has 0 saturated carbocycles. The highest BCUT2D eigenvalue weighted by Gasteiger charge is 2.13. The first kappa shape index (κ1) is 23.9. The van der Waals surface area contributed by atoms with Crippen LogP contribution in [0.1, 0.15) is 52.4 Å². The van der Waals surface area contributed by atoms with Crippen LogP contribution in [-0.2, 0) is 6.61 Å². The first-order valence-electron chi connectivity index (χ1n) is 10.4. The second-order valence-electron chi connectivity index (χ2n) is 7.86. The molecule has 5 heteroatoms. The summed E-state index contributed by atoms with van der Waals surface area (Å²) in [4.78, 5) is 12.4. The summed E-state index contributed by atoms with van der Waals surface area (Å²) in [7, 11) is 1.63. The van der Waals surface area contributed by atoms with Crippen LogP contribution in [0.25, 0.3) is 6.08 Å². The summed E-state index contributed by atoms with van der Waals surface area (Å²) in [5, 5.41) is 1.33. The van der Waals surface area contributed by atoms with Gasteiger partial charge in [-0.25, -0.2) is 0 Å². The van der Waals surface area contributed by atoms with Crippen LogP contribution in [0.15, 0.2) is 60.7 Å². The van der Waals surface area contributed by atoms with Crippen molar-refractivity contribution in [2.45, 2.75) is 33.3 Å². The van der Waals surface area contributed by atoms with Crippen LogP contribution in [0.5, 0.6) is 11.5 Å². The number of carbonyl (C=O) groups is 1. The Bertz CT molecular complexity index is 1130. The number of rotatable bonds is 8. The molecule has 0 bridgehead atoms. The first-order valence-corrected chi connectivity index (χ1v) is 11.1.